The Morgan fingerprint density at radius 1 is 1.16 bits per heavy atom. The summed E-state index contributed by atoms with van der Waals surface area (Å²) in [7, 11) is 0. The largest absolute Gasteiger partial charge is 0.481 e. The van der Waals surface area contributed by atoms with Gasteiger partial charge in [0.15, 0.2) is 5.65 Å². The second-order valence-electron chi connectivity index (χ2n) is 10.1. The molecule has 5 rings (SSSR count). The number of aliphatic carboxylic acids is 1. The van der Waals surface area contributed by atoms with Gasteiger partial charge >= 0.3 is 12.1 Å². The van der Waals surface area contributed by atoms with Crippen molar-refractivity contribution in [2.75, 3.05) is 13.2 Å². The normalized spacial score (nSPS) is 20.1. The zero-order valence-corrected chi connectivity index (χ0v) is 20.8. The van der Waals surface area contributed by atoms with Crippen molar-refractivity contribution in [3.63, 3.8) is 0 Å². The number of aromatic nitrogens is 3. The van der Waals surface area contributed by atoms with Crippen molar-refractivity contribution in [3.8, 4) is 0 Å². The number of hydrogen-bond acceptors (Lipinski definition) is 6. The Labute approximate surface area is 218 Å². The molecule has 2 fully saturated rings. The molecule has 0 bridgehead atoms. The molecule has 1 saturated carbocycles. The Bertz CT molecular complexity index is 1280. The van der Waals surface area contributed by atoms with Crippen molar-refractivity contribution in [2.24, 2.45) is 5.92 Å². The molecule has 2 aliphatic rings. The van der Waals surface area contributed by atoms with Gasteiger partial charge in [0.1, 0.15) is 6.61 Å². The SMILES string of the molecule is O=C(NC(c1cn2ncc(C3(C(=O)O)CCOCC3)cc2n1)C1CCC(F)(F)CC1)OCc1ccccc1. The number of nitrogens with one attached hydrogen (secondary N) is 1. The van der Waals surface area contributed by atoms with Gasteiger partial charge in [-0.25, -0.2) is 23.1 Å². The molecule has 0 radical (unpaired) electrons. The van der Waals surface area contributed by atoms with E-state index < -0.39 is 29.4 Å². The lowest BCUT2D eigenvalue weighted by molar-refractivity contribution is -0.147. The topological polar surface area (TPSA) is 115 Å². The summed E-state index contributed by atoms with van der Waals surface area (Å²) in [6.07, 6.45) is 3.02. The van der Waals surface area contributed by atoms with Crippen LogP contribution in [0.5, 0.6) is 0 Å². The van der Waals surface area contributed by atoms with Crippen molar-refractivity contribution in [3.05, 3.63) is 65.6 Å². The van der Waals surface area contributed by atoms with Crippen LogP contribution < -0.4 is 5.32 Å². The molecule has 2 N–H and O–H groups in total. The minimum Gasteiger partial charge on any atom is -0.481 e. The third-order valence-electron chi connectivity index (χ3n) is 7.69. The van der Waals surface area contributed by atoms with Crippen molar-refractivity contribution < 1.29 is 33.0 Å². The summed E-state index contributed by atoms with van der Waals surface area (Å²) in [5.41, 5.74) is 1.10. The number of carboxylic acids is 1. The number of hydrogen-bond donors (Lipinski definition) is 2. The first-order valence-electron chi connectivity index (χ1n) is 12.8. The van der Waals surface area contributed by atoms with E-state index in [1.165, 1.54) is 10.7 Å². The summed E-state index contributed by atoms with van der Waals surface area (Å²) < 4.78 is 40.1. The molecule has 1 aromatic carbocycles. The van der Waals surface area contributed by atoms with E-state index in [1.807, 2.05) is 30.3 Å². The van der Waals surface area contributed by atoms with Gasteiger partial charge in [-0.1, -0.05) is 30.3 Å². The van der Waals surface area contributed by atoms with Crippen LogP contribution in [0.2, 0.25) is 0 Å². The molecule has 1 amide bonds. The molecule has 202 valence electrons. The fourth-order valence-electron chi connectivity index (χ4n) is 5.37. The second kappa shape index (κ2) is 10.6. The van der Waals surface area contributed by atoms with E-state index in [0.717, 1.165) is 5.56 Å². The van der Waals surface area contributed by atoms with Crippen LogP contribution >= 0.6 is 0 Å². The number of benzene rings is 1. The molecule has 2 aromatic heterocycles. The van der Waals surface area contributed by atoms with Gasteiger partial charge in [-0.3, -0.25) is 4.79 Å². The molecular weight excluding hydrogens is 498 g/mol. The van der Waals surface area contributed by atoms with Crippen molar-refractivity contribution >= 4 is 17.7 Å². The quantitative estimate of drug-likeness (QED) is 0.459. The predicted octanol–water partition coefficient (Wildman–Crippen LogP) is 4.66. The molecule has 1 unspecified atom stereocenters. The third-order valence-corrected chi connectivity index (χ3v) is 7.69. The highest BCUT2D eigenvalue weighted by Crippen LogP contribution is 2.41. The second-order valence-corrected chi connectivity index (χ2v) is 10.1. The molecule has 1 atom stereocenters. The molecule has 1 saturated heterocycles. The summed E-state index contributed by atoms with van der Waals surface area (Å²) in [5.74, 6) is -3.94. The van der Waals surface area contributed by atoms with Crippen LogP contribution in [-0.4, -0.2) is 50.9 Å². The lowest BCUT2D eigenvalue weighted by atomic mass is 9.75. The van der Waals surface area contributed by atoms with E-state index in [4.69, 9.17) is 9.47 Å². The van der Waals surface area contributed by atoms with Gasteiger partial charge in [0.2, 0.25) is 5.92 Å². The highest BCUT2D eigenvalue weighted by molar-refractivity contribution is 5.81. The average molecular weight is 529 g/mol. The Morgan fingerprint density at radius 2 is 1.87 bits per heavy atom. The maximum atomic E-state index is 13.9. The number of ether oxygens (including phenoxy) is 2. The lowest BCUT2D eigenvalue weighted by Gasteiger charge is -2.33. The van der Waals surface area contributed by atoms with Crippen LogP contribution in [0.15, 0.2) is 48.8 Å². The number of carbonyl (C=O) groups excluding carboxylic acids is 1. The molecule has 1 aliphatic heterocycles. The molecule has 38 heavy (non-hydrogen) atoms. The number of imidazole rings is 1. The van der Waals surface area contributed by atoms with Crippen molar-refractivity contribution in [1.82, 2.24) is 19.9 Å². The predicted molar refractivity (Wildman–Crippen MR) is 132 cm³/mol. The number of alkyl halides is 2. The number of rotatable bonds is 7. The number of carbonyl (C=O) groups is 2. The summed E-state index contributed by atoms with van der Waals surface area (Å²) in [6.45, 7) is 0.736. The molecule has 1 aliphatic carbocycles. The fourth-order valence-corrected chi connectivity index (χ4v) is 5.37. The van der Waals surface area contributed by atoms with Gasteiger partial charge in [-0.05, 0) is 48.8 Å². The maximum absolute atomic E-state index is 13.9. The van der Waals surface area contributed by atoms with Crippen LogP contribution in [-0.2, 0) is 26.3 Å². The third kappa shape index (κ3) is 5.47. The van der Waals surface area contributed by atoms with Gasteiger partial charge < -0.3 is 19.9 Å². The van der Waals surface area contributed by atoms with Crippen LogP contribution in [0, 0.1) is 5.92 Å². The highest BCUT2D eigenvalue weighted by atomic mass is 19.3. The van der Waals surface area contributed by atoms with E-state index in [1.54, 1.807) is 12.3 Å². The summed E-state index contributed by atoms with van der Waals surface area (Å²) in [5, 5.41) is 17.3. The summed E-state index contributed by atoms with van der Waals surface area (Å²) in [4.78, 5) is 29.7. The number of nitrogens with zero attached hydrogens (tertiary/aromatic N) is 3. The Morgan fingerprint density at radius 3 is 2.55 bits per heavy atom. The standard InChI is InChI=1S/C27H30F2N4O5/c28-27(29)8-6-19(7-9-27)23(32-25(36)38-17-18-4-2-1-3-5-18)21-16-33-22(31-21)14-20(15-30-33)26(24(34)35)10-12-37-13-11-26/h1-5,14-16,19,23H,6-13,17H2,(H,32,36)(H,34,35). The minimum absolute atomic E-state index is 0.0686. The van der Waals surface area contributed by atoms with E-state index in [2.05, 4.69) is 15.4 Å². The van der Waals surface area contributed by atoms with E-state index in [9.17, 15) is 23.5 Å². The minimum atomic E-state index is -2.72. The zero-order valence-electron chi connectivity index (χ0n) is 20.8. The molecule has 3 heterocycles. The number of fused-ring (bicyclic) bond motifs is 1. The average Bonchev–Trinajstić information content (AvgIpc) is 3.35. The van der Waals surface area contributed by atoms with E-state index >= 15 is 0 Å². The number of amides is 1. The van der Waals surface area contributed by atoms with Crippen LogP contribution in [0.1, 0.15) is 61.4 Å². The Balaban J connectivity index is 1.41. The summed E-state index contributed by atoms with van der Waals surface area (Å²) >= 11 is 0. The maximum Gasteiger partial charge on any atom is 0.408 e. The molecular formula is C27H30F2N4O5. The molecule has 3 aromatic rings. The van der Waals surface area contributed by atoms with Crippen LogP contribution in [0.4, 0.5) is 13.6 Å². The first-order chi connectivity index (χ1) is 18.3. The molecule has 11 heteroatoms. The highest BCUT2D eigenvalue weighted by Gasteiger charge is 2.43. The lowest BCUT2D eigenvalue weighted by Crippen LogP contribution is -2.41. The fraction of sp³-hybridized carbons (Fsp3) is 0.481. The van der Waals surface area contributed by atoms with Gasteiger partial charge in [0.05, 0.1) is 29.5 Å². The number of carboxylic acid groups (broad SMARTS) is 1. The van der Waals surface area contributed by atoms with Gasteiger partial charge in [-0.2, -0.15) is 5.10 Å². The molecule has 0 spiro atoms. The van der Waals surface area contributed by atoms with Gasteiger partial charge in [0, 0.05) is 26.1 Å². The van der Waals surface area contributed by atoms with Gasteiger partial charge in [-0.15, -0.1) is 0 Å². The van der Waals surface area contributed by atoms with Crippen molar-refractivity contribution in [2.45, 2.75) is 62.5 Å². The van der Waals surface area contributed by atoms with E-state index in [0.29, 0.717) is 43.0 Å². The van der Waals surface area contributed by atoms with Crippen LogP contribution in [0.3, 0.4) is 0 Å². The first kappa shape index (κ1) is 26.0. The Hall–Kier alpha value is -3.60. The van der Waals surface area contributed by atoms with Crippen LogP contribution in [0.25, 0.3) is 5.65 Å². The Kier molecular flexibility index (Phi) is 7.29. The monoisotopic (exact) mass is 528 g/mol. The van der Waals surface area contributed by atoms with Crippen molar-refractivity contribution in [1.29, 1.82) is 0 Å². The summed E-state index contributed by atoms with van der Waals surface area (Å²) in [6, 6.07) is 10.2. The van der Waals surface area contributed by atoms with E-state index in [-0.39, 0.29) is 38.2 Å². The zero-order chi connectivity index (χ0) is 26.8. The van der Waals surface area contributed by atoms with Gasteiger partial charge in [0.25, 0.3) is 0 Å². The molecule has 9 nitrogen and oxygen atoms in total. The smallest absolute Gasteiger partial charge is 0.408 e. The number of halogens is 2. The first-order valence-corrected chi connectivity index (χ1v) is 12.8. The number of alkyl carbamates (subject to hydrolysis) is 1.